The van der Waals surface area contributed by atoms with E-state index in [1.165, 1.54) is 17.7 Å². The number of aromatic nitrogens is 1. The zero-order valence-electron chi connectivity index (χ0n) is 11.7. The van der Waals surface area contributed by atoms with E-state index in [1.54, 1.807) is 6.07 Å². The van der Waals surface area contributed by atoms with Crippen molar-refractivity contribution in [3.63, 3.8) is 0 Å². The minimum absolute atomic E-state index is 0.0256. The predicted molar refractivity (Wildman–Crippen MR) is 88.1 cm³/mol. The maximum Gasteiger partial charge on any atom is 0.0482 e. The molecule has 0 bridgehead atoms. The van der Waals surface area contributed by atoms with E-state index in [0.29, 0.717) is 16.0 Å². The molecule has 21 heavy (non-hydrogen) atoms. The van der Waals surface area contributed by atoms with Crippen LogP contribution in [0.15, 0.2) is 36.5 Å². The minimum atomic E-state index is 0.0256. The van der Waals surface area contributed by atoms with Crippen LogP contribution >= 0.6 is 23.2 Å². The number of hydrogen-bond acceptors (Lipinski definition) is 2. The molecular formula is C17H18Cl2N2. The molecule has 0 aliphatic heterocycles. The molecule has 0 radical (unpaired) electrons. The van der Waals surface area contributed by atoms with E-state index in [-0.39, 0.29) is 6.04 Å². The van der Waals surface area contributed by atoms with Gasteiger partial charge < -0.3 is 5.73 Å². The van der Waals surface area contributed by atoms with Gasteiger partial charge in [0.05, 0.1) is 0 Å². The molecule has 0 amide bonds. The maximum absolute atomic E-state index is 6.47. The molecule has 0 saturated carbocycles. The Kier molecular flexibility index (Phi) is 4.48. The smallest absolute Gasteiger partial charge is 0.0482 e. The highest BCUT2D eigenvalue weighted by Crippen LogP contribution is 2.33. The molecule has 2 N–H and O–H groups in total. The van der Waals surface area contributed by atoms with Crippen molar-refractivity contribution < 1.29 is 0 Å². The van der Waals surface area contributed by atoms with Crippen molar-refractivity contribution in [3.05, 3.63) is 63.4 Å². The number of hydrogen-bond donors (Lipinski definition) is 1. The van der Waals surface area contributed by atoms with Crippen LogP contribution in [0, 0.1) is 0 Å². The Bertz CT molecular complexity index is 642. The highest BCUT2D eigenvalue weighted by Gasteiger charge is 2.27. The Labute approximate surface area is 135 Å². The fourth-order valence-electron chi connectivity index (χ4n) is 3.15. The predicted octanol–water partition coefficient (Wildman–Crippen LogP) is 4.38. The van der Waals surface area contributed by atoms with E-state index in [9.17, 15) is 0 Å². The number of pyridine rings is 1. The lowest BCUT2D eigenvalue weighted by Crippen LogP contribution is -2.33. The van der Waals surface area contributed by atoms with E-state index in [0.717, 1.165) is 24.8 Å². The van der Waals surface area contributed by atoms with Crippen molar-refractivity contribution in [2.45, 2.75) is 37.6 Å². The lowest BCUT2D eigenvalue weighted by molar-refractivity contribution is 0.449. The second-order valence-electron chi connectivity index (χ2n) is 5.65. The Morgan fingerprint density at radius 1 is 1.29 bits per heavy atom. The van der Waals surface area contributed by atoms with Gasteiger partial charge in [0.15, 0.2) is 0 Å². The van der Waals surface area contributed by atoms with Gasteiger partial charge in [-0.3, -0.25) is 4.98 Å². The van der Waals surface area contributed by atoms with Gasteiger partial charge in [-0.2, -0.15) is 0 Å². The number of halogens is 2. The molecule has 1 aromatic heterocycles. The van der Waals surface area contributed by atoms with Gasteiger partial charge >= 0.3 is 0 Å². The highest BCUT2D eigenvalue weighted by atomic mass is 35.5. The molecule has 1 aliphatic carbocycles. The largest absolute Gasteiger partial charge is 0.327 e. The standard InChI is InChI=1S/C17H18Cl2N2/c18-13-7-6-12(15(19)10-13)9-16(20)14-5-1-3-11-4-2-8-21-17(11)14/h2,4,6-8,10,14,16H,1,3,5,9,20H2. The number of nitrogens with two attached hydrogens (primary N) is 1. The number of rotatable bonds is 3. The fraction of sp³-hybridized carbons (Fsp3) is 0.353. The van der Waals surface area contributed by atoms with Crippen LogP contribution in [-0.4, -0.2) is 11.0 Å². The van der Waals surface area contributed by atoms with Gasteiger partial charge in [0.25, 0.3) is 0 Å². The highest BCUT2D eigenvalue weighted by molar-refractivity contribution is 6.35. The summed E-state index contributed by atoms with van der Waals surface area (Å²) in [4.78, 5) is 4.57. The van der Waals surface area contributed by atoms with Crippen LogP contribution in [0.3, 0.4) is 0 Å². The Balaban J connectivity index is 1.81. The maximum atomic E-state index is 6.47. The van der Waals surface area contributed by atoms with E-state index in [4.69, 9.17) is 28.9 Å². The van der Waals surface area contributed by atoms with Crippen LogP contribution in [-0.2, 0) is 12.8 Å². The summed E-state index contributed by atoms with van der Waals surface area (Å²) in [6, 6.07) is 9.80. The lowest BCUT2D eigenvalue weighted by Gasteiger charge is -2.29. The summed E-state index contributed by atoms with van der Waals surface area (Å²) in [6.45, 7) is 0. The third-order valence-corrected chi connectivity index (χ3v) is 4.81. The summed E-state index contributed by atoms with van der Waals surface area (Å²) in [7, 11) is 0. The van der Waals surface area contributed by atoms with Gasteiger partial charge in [0, 0.05) is 33.9 Å². The van der Waals surface area contributed by atoms with E-state index < -0.39 is 0 Å². The van der Waals surface area contributed by atoms with Crippen LogP contribution in [0.4, 0.5) is 0 Å². The van der Waals surface area contributed by atoms with Crippen molar-refractivity contribution in [1.29, 1.82) is 0 Å². The first-order valence-electron chi connectivity index (χ1n) is 7.28. The second-order valence-corrected chi connectivity index (χ2v) is 6.49. The zero-order valence-corrected chi connectivity index (χ0v) is 13.2. The monoisotopic (exact) mass is 320 g/mol. The molecule has 2 aromatic rings. The quantitative estimate of drug-likeness (QED) is 0.911. The van der Waals surface area contributed by atoms with Gasteiger partial charge in [-0.05, 0) is 55.0 Å². The molecule has 1 aromatic carbocycles. The molecule has 1 heterocycles. The molecule has 0 saturated heterocycles. The van der Waals surface area contributed by atoms with Crippen LogP contribution in [0.5, 0.6) is 0 Å². The molecule has 1 aliphatic rings. The molecule has 2 nitrogen and oxygen atoms in total. The second kappa shape index (κ2) is 6.35. The summed E-state index contributed by atoms with van der Waals surface area (Å²) in [5.41, 5.74) is 10.0. The zero-order chi connectivity index (χ0) is 14.8. The molecule has 3 rings (SSSR count). The summed E-state index contributed by atoms with van der Waals surface area (Å²) in [6.07, 6.45) is 5.98. The van der Waals surface area contributed by atoms with Crippen LogP contribution in [0.1, 0.15) is 35.6 Å². The Morgan fingerprint density at radius 2 is 2.14 bits per heavy atom. The number of benzene rings is 1. The SMILES string of the molecule is NC(Cc1ccc(Cl)cc1Cl)C1CCCc2cccnc21. The molecule has 0 spiro atoms. The molecule has 110 valence electrons. The van der Waals surface area contributed by atoms with Crippen molar-refractivity contribution >= 4 is 23.2 Å². The number of fused-ring (bicyclic) bond motifs is 1. The van der Waals surface area contributed by atoms with Crippen molar-refractivity contribution in [2.24, 2.45) is 5.73 Å². The van der Waals surface area contributed by atoms with Crippen LogP contribution < -0.4 is 5.73 Å². The van der Waals surface area contributed by atoms with Crippen molar-refractivity contribution in [1.82, 2.24) is 4.98 Å². The van der Waals surface area contributed by atoms with Gasteiger partial charge in [-0.25, -0.2) is 0 Å². The number of nitrogens with zero attached hydrogens (tertiary/aromatic N) is 1. The van der Waals surface area contributed by atoms with E-state index in [2.05, 4.69) is 11.1 Å². The van der Waals surface area contributed by atoms with Gasteiger partial charge in [0.2, 0.25) is 0 Å². The molecule has 2 unspecified atom stereocenters. The Hall–Kier alpha value is -1.09. The summed E-state index contributed by atoms with van der Waals surface area (Å²) in [5, 5.41) is 1.34. The van der Waals surface area contributed by atoms with Crippen LogP contribution in [0.25, 0.3) is 0 Å². The van der Waals surface area contributed by atoms with Crippen molar-refractivity contribution in [3.8, 4) is 0 Å². The third kappa shape index (κ3) is 3.23. The van der Waals surface area contributed by atoms with Gasteiger partial charge in [0.1, 0.15) is 0 Å². The topological polar surface area (TPSA) is 38.9 Å². The Morgan fingerprint density at radius 3 is 2.95 bits per heavy atom. The first kappa shape index (κ1) is 14.8. The first-order chi connectivity index (χ1) is 10.1. The molecular weight excluding hydrogens is 303 g/mol. The number of aryl methyl sites for hydroxylation is 1. The van der Waals surface area contributed by atoms with E-state index >= 15 is 0 Å². The average Bonchev–Trinajstić information content (AvgIpc) is 2.49. The lowest BCUT2D eigenvalue weighted by atomic mass is 9.80. The minimum Gasteiger partial charge on any atom is -0.327 e. The molecule has 0 fully saturated rings. The van der Waals surface area contributed by atoms with Gasteiger partial charge in [-0.15, -0.1) is 0 Å². The van der Waals surface area contributed by atoms with Crippen LogP contribution in [0.2, 0.25) is 10.0 Å². The average molecular weight is 321 g/mol. The third-order valence-electron chi connectivity index (χ3n) is 4.23. The summed E-state index contributed by atoms with van der Waals surface area (Å²) in [5.74, 6) is 0.307. The first-order valence-corrected chi connectivity index (χ1v) is 8.04. The summed E-state index contributed by atoms with van der Waals surface area (Å²) < 4.78 is 0. The summed E-state index contributed by atoms with van der Waals surface area (Å²) >= 11 is 12.2. The normalized spacial score (nSPS) is 19.1. The van der Waals surface area contributed by atoms with E-state index in [1.807, 2.05) is 24.4 Å². The molecule has 4 heteroatoms. The fourth-order valence-corrected chi connectivity index (χ4v) is 3.63. The van der Waals surface area contributed by atoms with Gasteiger partial charge in [-0.1, -0.05) is 35.3 Å². The molecule has 2 atom stereocenters. The van der Waals surface area contributed by atoms with Crippen molar-refractivity contribution in [2.75, 3.05) is 0 Å².